The van der Waals surface area contributed by atoms with Gasteiger partial charge in [-0.25, -0.2) is 0 Å². The smallest absolute Gasteiger partial charge is 0.229 e. The first kappa shape index (κ1) is 21.9. The Hall–Kier alpha value is -1.07. The van der Waals surface area contributed by atoms with Crippen LogP contribution in [0.2, 0.25) is 0 Å². The first-order chi connectivity index (χ1) is 10.5. The van der Waals surface area contributed by atoms with E-state index >= 15 is 0 Å². The molecule has 5 nitrogen and oxygen atoms in total. The maximum Gasteiger partial charge on any atom is 0.229 e. The van der Waals surface area contributed by atoms with Crippen molar-refractivity contribution in [3.8, 4) is 0 Å². The topological polar surface area (TPSA) is 68.6 Å². The molecule has 123 valence electrons. The number of hydrogen-bond acceptors (Lipinski definition) is 3. The summed E-state index contributed by atoms with van der Waals surface area (Å²) >= 11 is 0. The molecule has 3 amide bonds. The number of carbonyl (C=O) groups is 3. The predicted molar refractivity (Wildman–Crippen MR) is 84.3 cm³/mol. The second-order valence-electron chi connectivity index (χ2n) is 4.96. The van der Waals surface area contributed by atoms with Crippen molar-refractivity contribution in [3.63, 3.8) is 0 Å². The van der Waals surface area contributed by atoms with E-state index in [-0.39, 0.29) is 57.0 Å². The van der Waals surface area contributed by atoms with Gasteiger partial charge in [0.1, 0.15) is 0 Å². The van der Waals surface area contributed by atoms with Gasteiger partial charge < -0.3 is 10.1 Å². The van der Waals surface area contributed by atoms with Crippen LogP contribution in [0.15, 0.2) is 24.3 Å². The minimum atomic E-state index is -0.767. The van der Waals surface area contributed by atoms with Crippen LogP contribution in [0.4, 0.5) is 0 Å². The van der Waals surface area contributed by atoms with Crippen LogP contribution in [0.3, 0.4) is 0 Å². The van der Waals surface area contributed by atoms with Crippen molar-refractivity contribution >= 4 is 17.7 Å². The Labute approximate surface area is 163 Å². The van der Waals surface area contributed by atoms with Crippen LogP contribution in [0.5, 0.6) is 0 Å². The molecule has 0 bridgehead atoms. The number of likely N-dealkylation sites (tertiary alicyclic amines) is 1. The quantitative estimate of drug-likeness (QED) is 0.588. The van der Waals surface area contributed by atoms with E-state index < -0.39 is 11.9 Å². The molecule has 0 spiro atoms. The van der Waals surface area contributed by atoms with Gasteiger partial charge in [0, 0.05) is 45.2 Å². The minimum absolute atomic E-state index is 0. The molecule has 6 heteroatoms. The van der Waals surface area contributed by atoms with E-state index in [0.717, 1.165) is 0 Å². The first-order valence-electron chi connectivity index (χ1n) is 7.58. The van der Waals surface area contributed by atoms with Crippen LogP contribution in [-0.4, -0.2) is 34.7 Å². The van der Waals surface area contributed by atoms with E-state index in [0.29, 0.717) is 12.0 Å². The van der Waals surface area contributed by atoms with Crippen molar-refractivity contribution in [2.45, 2.75) is 52.6 Å². The normalized spacial score (nSPS) is 17.1. The zero-order valence-corrected chi connectivity index (χ0v) is 16.9. The Balaban J connectivity index is 0.00000155. The van der Waals surface area contributed by atoms with Crippen LogP contribution in [0, 0.1) is 6.07 Å². The average Bonchev–Trinajstić information content (AvgIpc) is 2.52. The number of amides is 3. The van der Waals surface area contributed by atoms with Gasteiger partial charge in [-0.05, 0) is 32.2 Å². The first-order valence-corrected chi connectivity index (χ1v) is 7.58. The molecule has 1 fully saturated rings. The maximum atomic E-state index is 12.2. The Kier molecular flexibility index (Phi) is 10.2. The molecule has 1 saturated heterocycles. The van der Waals surface area contributed by atoms with E-state index in [2.05, 4.69) is 11.4 Å². The van der Waals surface area contributed by atoms with Crippen molar-refractivity contribution in [1.29, 1.82) is 0 Å². The molecule has 2 rings (SSSR count). The van der Waals surface area contributed by atoms with Gasteiger partial charge in [0.2, 0.25) is 11.8 Å². The standard InChI is InChI=1S/C15H17N2O3.C2H6.Y/c1-10(2)17-13(18)9-8-12(15(17)20)16-14(19)11-6-4-3-5-7-11;1-2;/h3-6,10,12H,8-9H2,1-2H3,(H,16,19);1-2H3;/q-1;;/p-1. The second-order valence-corrected chi connectivity index (χ2v) is 4.96. The van der Waals surface area contributed by atoms with E-state index in [1.807, 2.05) is 13.8 Å². The fourth-order valence-corrected chi connectivity index (χ4v) is 2.19. The number of hydrogen-bond donors (Lipinski definition) is 0. The summed E-state index contributed by atoms with van der Waals surface area (Å²) in [4.78, 5) is 37.1. The van der Waals surface area contributed by atoms with Crippen LogP contribution >= 0.6 is 0 Å². The molecule has 1 heterocycles. The third kappa shape index (κ3) is 5.81. The van der Waals surface area contributed by atoms with Gasteiger partial charge in [-0.1, -0.05) is 13.8 Å². The second kappa shape index (κ2) is 10.7. The van der Waals surface area contributed by atoms with E-state index in [1.165, 1.54) is 4.90 Å². The summed E-state index contributed by atoms with van der Waals surface area (Å²) in [6.45, 7) is 7.54. The van der Waals surface area contributed by atoms with Gasteiger partial charge in [0.25, 0.3) is 0 Å². The number of nitrogens with zero attached hydrogens (tertiary/aromatic N) is 2. The van der Waals surface area contributed by atoms with Crippen LogP contribution in [0.1, 0.15) is 50.9 Å². The van der Waals surface area contributed by atoms with Gasteiger partial charge in [-0.2, -0.15) is 0 Å². The SMILES string of the molecule is CC.CC(C)N1C(=O)CCC([N-]C(=O)c2[c-]cccc2)C1=O.[Y]. The third-order valence-corrected chi connectivity index (χ3v) is 3.15. The van der Waals surface area contributed by atoms with Crippen LogP contribution in [-0.2, 0) is 42.3 Å². The van der Waals surface area contributed by atoms with Crippen LogP contribution < -0.4 is 0 Å². The van der Waals surface area contributed by atoms with Crippen molar-refractivity contribution in [2.75, 3.05) is 0 Å². The molecular formula is C17H22N2O3Y-2. The number of benzene rings is 1. The summed E-state index contributed by atoms with van der Waals surface area (Å²) in [5, 5.41) is 3.94. The molecule has 1 radical (unpaired) electrons. The fourth-order valence-electron chi connectivity index (χ4n) is 2.19. The third-order valence-electron chi connectivity index (χ3n) is 3.15. The zero-order chi connectivity index (χ0) is 16.7. The predicted octanol–water partition coefficient (Wildman–Crippen LogP) is 2.95. The van der Waals surface area contributed by atoms with Crippen molar-refractivity contribution in [2.24, 2.45) is 0 Å². The molecular weight excluding hydrogens is 369 g/mol. The van der Waals surface area contributed by atoms with Crippen molar-refractivity contribution in [1.82, 2.24) is 4.90 Å². The Bertz CT molecular complexity index is 532. The van der Waals surface area contributed by atoms with E-state index in [1.54, 1.807) is 38.1 Å². The molecule has 1 atom stereocenters. The minimum Gasteiger partial charge on any atom is -0.684 e. The number of imide groups is 1. The number of piperidine rings is 1. The van der Waals surface area contributed by atoms with Gasteiger partial charge in [-0.15, -0.1) is 35.9 Å². The van der Waals surface area contributed by atoms with Crippen molar-refractivity contribution in [3.05, 3.63) is 41.2 Å². The van der Waals surface area contributed by atoms with Crippen molar-refractivity contribution < 1.29 is 47.1 Å². The van der Waals surface area contributed by atoms with E-state index in [9.17, 15) is 14.4 Å². The summed E-state index contributed by atoms with van der Waals surface area (Å²) in [6, 6.07) is 8.48. The molecule has 23 heavy (non-hydrogen) atoms. The summed E-state index contributed by atoms with van der Waals surface area (Å²) in [5.74, 6) is -1.06. The molecule has 1 aliphatic heterocycles. The summed E-state index contributed by atoms with van der Waals surface area (Å²) in [6.07, 6.45) is 0.531. The van der Waals surface area contributed by atoms with Gasteiger partial charge in [-0.3, -0.25) is 14.5 Å². The Morgan fingerprint density at radius 3 is 2.48 bits per heavy atom. The van der Waals surface area contributed by atoms with Gasteiger partial charge in [0.15, 0.2) is 0 Å². The molecule has 1 aromatic carbocycles. The Morgan fingerprint density at radius 2 is 1.96 bits per heavy atom. The molecule has 0 saturated carbocycles. The number of carbonyl (C=O) groups excluding carboxylic acids is 3. The summed E-state index contributed by atoms with van der Waals surface area (Å²) in [7, 11) is 0. The molecule has 0 aromatic heterocycles. The van der Waals surface area contributed by atoms with Crippen LogP contribution in [0.25, 0.3) is 5.32 Å². The summed E-state index contributed by atoms with van der Waals surface area (Å²) < 4.78 is 0. The monoisotopic (exact) mass is 391 g/mol. The molecule has 0 N–H and O–H groups in total. The average molecular weight is 391 g/mol. The maximum absolute atomic E-state index is 12.2. The van der Waals surface area contributed by atoms with E-state index in [4.69, 9.17) is 0 Å². The zero-order valence-electron chi connectivity index (χ0n) is 14.1. The molecule has 1 aromatic rings. The fraction of sp³-hybridized carbons (Fsp3) is 0.471. The Morgan fingerprint density at radius 1 is 1.30 bits per heavy atom. The summed E-state index contributed by atoms with van der Waals surface area (Å²) in [5.41, 5.74) is 0.327. The largest absolute Gasteiger partial charge is 0.684 e. The van der Waals surface area contributed by atoms with Gasteiger partial charge >= 0.3 is 0 Å². The molecule has 1 unspecified atom stereocenters. The molecule has 0 aliphatic carbocycles. The molecule has 1 aliphatic rings. The number of rotatable bonds is 3. The van der Waals surface area contributed by atoms with Gasteiger partial charge in [0.05, 0.1) is 0 Å².